The quantitative estimate of drug-likeness (QED) is 0.697. The van der Waals surface area contributed by atoms with Gasteiger partial charge in [-0.2, -0.15) is 0 Å². The van der Waals surface area contributed by atoms with Crippen LogP contribution in [0.4, 0.5) is 0 Å². The molecule has 1 spiro atoms. The number of ether oxygens (including phenoxy) is 1. The summed E-state index contributed by atoms with van der Waals surface area (Å²) in [4.78, 5) is 0. The molecule has 2 N–H and O–H groups in total. The number of aliphatic hydroxyl groups excluding tert-OH is 1. The second-order valence-electron chi connectivity index (χ2n) is 6.43. The smallest absolute Gasteiger partial charge is 0.165 e. The largest absolute Gasteiger partial charge is 0.504 e. The van der Waals surface area contributed by atoms with Gasteiger partial charge in [-0.3, -0.25) is 0 Å². The Hall–Kier alpha value is -1.48. The predicted molar refractivity (Wildman–Crippen MR) is 69.3 cm³/mol. The zero-order chi connectivity index (χ0) is 12.8. The summed E-state index contributed by atoms with van der Waals surface area (Å²) in [5.74, 6) is 1.99. The van der Waals surface area contributed by atoms with Crippen LogP contribution in [0.15, 0.2) is 24.3 Å². The van der Waals surface area contributed by atoms with Gasteiger partial charge in [0.25, 0.3) is 0 Å². The lowest BCUT2D eigenvalue weighted by atomic mass is 9.59. The summed E-state index contributed by atoms with van der Waals surface area (Å²) >= 11 is 0. The average Bonchev–Trinajstić information content (AvgIpc) is 2.89. The van der Waals surface area contributed by atoms with Crippen molar-refractivity contribution in [2.75, 3.05) is 0 Å². The molecule has 2 bridgehead atoms. The maximum absolute atomic E-state index is 10.3. The zero-order valence-electron chi connectivity index (χ0n) is 10.5. The van der Waals surface area contributed by atoms with Crippen molar-refractivity contribution in [2.24, 2.45) is 11.8 Å². The van der Waals surface area contributed by atoms with Gasteiger partial charge in [-0.1, -0.05) is 18.2 Å². The van der Waals surface area contributed by atoms with E-state index in [0.29, 0.717) is 17.6 Å². The third kappa shape index (κ3) is 0.951. The number of allylic oxidation sites excluding steroid dienone is 1. The number of benzene rings is 1. The SMILES string of the molecule is Oc1ccc2c3c1O[C@H]1[C@@H](O)C=CC4[C@H](CC[C@@]341)C2. The van der Waals surface area contributed by atoms with Gasteiger partial charge in [-0.05, 0) is 42.7 Å². The van der Waals surface area contributed by atoms with Crippen LogP contribution in [0.2, 0.25) is 0 Å². The van der Waals surface area contributed by atoms with Crippen molar-refractivity contribution < 1.29 is 14.9 Å². The van der Waals surface area contributed by atoms with Crippen molar-refractivity contribution in [3.05, 3.63) is 35.4 Å². The first-order chi connectivity index (χ1) is 9.22. The molecule has 4 aliphatic rings. The van der Waals surface area contributed by atoms with Crippen LogP contribution < -0.4 is 4.74 Å². The Bertz CT molecular complexity index is 621. The Morgan fingerprint density at radius 1 is 1.26 bits per heavy atom. The number of phenolic OH excluding ortho intramolecular Hbond substituents is 1. The molecule has 1 unspecified atom stereocenters. The predicted octanol–water partition coefficient (Wildman–Crippen LogP) is 1.90. The Labute approximate surface area is 111 Å². The molecule has 3 aliphatic carbocycles. The number of hydrogen-bond acceptors (Lipinski definition) is 3. The van der Waals surface area contributed by atoms with Gasteiger partial charge in [0.1, 0.15) is 12.2 Å². The fraction of sp³-hybridized carbons (Fsp3) is 0.500. The van der Waals surface area contributed by atoms with E-state index < -0.39 is 6.10 Å². The van der Waals surface area contributed by atoms with Crippen molar-refractivity contribution in [1.82, 2.24) is 0 Å². The van der Waals surface area contributed by atoms with Crippen LogP contribution in [0.1, 0.15) is 24.0 Å². The number of rotatable bonds is 0. The van der Waals surface area contributed by atoms with Gasteiger partial charge < -0.3 is 14.9 Å². The molecule has 1 aromatic carbocycles. The lowest BCUT2D eigenvalue weighted by molar-refractivity contribution is 0.00918. The number of phenols is 1. The van der Waals surface area contributed by atoms with Gasteiger partial charge in [0.15, 0.2) is 11.5 Å². The lowest BCUT2D eigenvalue weighted by Crippen LogP contribution is -2.52. The minimum absolute atomic E-state index is 0.0828. The second-order valence-corrected chi connectivity index (χ2v) is 6.43. The summed E-state index contributed by atoms with van der Waals surface area (Å²) in [6.07, 6.45) is 6.65. The Morgan fingerprint density at radius 2 is 2.16 bits per heavy atom. The molecule has 1 saturated carbocycles. The van der Waals surface area contributed by atoms with Crippen LogP contribution in [-0.4, -0.2) is 22.4 Å². The minimum Gasteiger partial charge on any atom is -0.504 e. The maximum atomic E-state index is 10.3. The van der Waals surface area contributed by atoms with Crippen LogP contribution in [-0.2, 0) is 11.8 Å². The normalized spacial score (nSPS) is 44.1. The maximum Gasteiger partial charge on any atom is 0.165 e. The average molecular weight is 256 g/mol. The van der Waals surface area contributed by atoms with Crippen molar-refractivity contribution in [2.45, 2.75) is 36.9 Å². The van der Waals surface area contributed by atoms with Gasteiger partial charge in [0.05, 0.1) is 0 Å². The summed E-state index contributed by atoms with van der Waals surface area (Å²) in [6.45, 7) is 0. The van der Waals surface area contributed by atoms with Gasteiger partial charge in [-0.25, -0.2) is 0 Å². The van der Waals surface area contributed by atoms with Gasteiger partial charge in [-0.15, -0.1) is 0 Å². The molecule has 3 heteroatoms. The summed E-state index contributed by atoms with van der Waals surface area (Å²) < 4.78 is 6.01. The summed E-state index contributed by atoms with van der Waals surface area (Å²) in [5, 5.41) is 20.4. The fourth-order valence-corrected chi connectivity index (χ4v) is 5.15. The van der Waals surface area contributed by atoms with E-state index in [4.69, 9.17) is 4.74 Å². The molecule has 5 rings (SSSR count). The van der Waals surface area contributed by atoms with E-state index in [9.17, 15) is 10.2 Å². The van der Waals surface area contributed by atoms with Crippen LogP contribution in [0.25, 0.3) is 0 Å². The molecule has 5 atom stereocenters. The molecule has 98 valence electrons. The summed E-state index contributed by atoms with van der Waals surface area (Å²) in [7, 11) is 0. The summed E-state index contributed by atoms with van der Waals surface area (Å²) in [5.41, 5.74) is 2.43. The highest BCUT2D eigenvalue weighted by molar-refractivity contribution is 5.61. The van der Waals surface area contributed by atoms with E-state index >= 15 is 0 Å². The van der Waals surface area contributed by atoms with E-state index in [0.717, 1.165) is 12.8 Å². The molecule has 1 heterocycles. The third-order valence-electron chi connectivity index (χ3n) is 5.78. The van der Waals surface area contributed by atoms with Crippen molar-refractivity contribution in [1.29, 1.82) is 0 Å². The highest BCUT2D eigenvalue weighted by Crippen LogP contribution is 2.66. The monoisotopic (exact) mass is 256 g/mol. The standard InChI is InChI=1S/C16H16O3/c17-11-3-1-9-7-8-5-6-16-10(8)2-4-12(18)15(16)19-14(11)13(9)16/h1-4,8,10,12,15,17-18H,5-7H2/t8-,10?,12+,15+,16+/m1/s1. The lowest BCUT2D eigenvalue weighted by Gasteiger charge is -2.44. The van der Waals surface area contributed by atoms with E-state index in [1.54, 1.807) is 6.07 Å². The van der Waals surface area contributed by atoms with Crippen molar-refractivity contribution in [3.8, 4) is 11.5 Å². The fourth-order valence-electron chi connectivity index (χ4n) is 5.15. The Kier molecular flexibility index (Phi) is 1.62. The molecule has 19 heavy (non-hydrogen) atoms. The molecule has 1 aromatic rings. The molecule has 0 amide bonds. The van der Waals surface area contributed by atoms with Crippen LogP contribution >= 0.6 is 0 Å². The zero-order valence-corrected chi connectivity index (χ0v) is 10.5. The van der Waals surface area contributed by atoms with Crippen molar-refractivity contribution in [3.63, 3.8) is 0 Å². The molecule has 0 radical (unpaired) electrons. The van der Waals surface area contributed by atoms with E-state index in [-0.39, 0.29) is 17.3 Å². The molecular formula is C16H16O3. The highest BCUT2D eigenvalue weighted by Gasteiger charge is 2.64. The molecule has 1 fully saturated rings. The Morgan fingerprint density at radius 3 is 3.05 bits per heavy atom. The van der Waals surface area contributed by atoms with Crippen LogP contribution in [0, 0.1) is 11.8 Å². The molecule has 1 aliphatic heterocycles. The molecule has 0 saturated heterocycles. The second kappa shape index (κ2) is 2.98. The first-order valence-corrected chi connectivity index (χ1v) is 7.10. The van der Waals surface area contributed by atoms with Crippen molar-refractivity contribution >= 4 is 0 Å². The topological polar surface area (TPSA) is 49.7 Å². The summed E-state index contributed by atoms with van der Waals surface area (Å²) in [6, 6.07) is 3.78. The molecular weight excluding hydrogens is 240 g/mol. The van der Waals surface area contributed by atoms with Gasteiger partial charge in [0, 0.05) is 11.0 Å². The number of aromatic hydroxyl groups is 1. The van der Waals surface area contributed by atoms with Gasteiger partial charge in [0.2, 0.25) is 0 Å². The van der Waals surface area contributed by atoms with Gasteiger partial charge >= 0.3 is 0 Å². The first-order valence-electron chi connectivity index (χ1n) is 7.10. The van der Waals surface area contributed by atoms with E-state index in [2.05, 4.69) is 6.08 Å². The number of aliphatic hydroxyl groups is 1. The third-order valence-corrected chi connectivity index (χ3v) is 5.78. The molecule has 3 nitrogen and oxygen atoms in total. The minimum atomic E-state index is -0.562. The Balaban J connectivity index is 1.88. The number of hydrogen-bond donors (Lipinski definition) is 2. The van der Waals surface area contributed by atoms with E-state index in [1.165, 1.54) is 17.5 Å². The van der Waals surface area contributed by atoms with E-state index in [1.807, 2.05) is 12.1 Å². The van der Waals surface area contributed by atoms with Crippen LogP contribution in [0.5, 0.6) is 11.5 Å². The van der Waals surface area contributed by atoms with Crippen LogP contribution in [0.3, 0.4) is 0 Å². The molecule has 0 aromatic heterocycles. The highest BCUT2D eigenvalue weighted by atomic mass is 16.5. The first kappa shape index (κ1) is 10.3.